The number of rotatable bonds is 3. The molecule has 0 atom stereocenters. The molecule has 0 aromatic rings. The number of hydrogen-bond donors (Lipinski definition) is 1. The number of nitrogens with zero attached hydrogens (tertiary/aromatic N) is 1. The Labute approximate surface area is 104 Å². The molecule has 0 radical (unpaired) electrons. The van der Waals surface area contributed by atoms with Crippen LogP contribution in [0.2, 0.25) is 0 Å². The maximum atomic E-state index is 4.55. The second-order valence-electron chi connectivity index (χ2n) is 5.04. The van der Waals surface area contributed by atoms with Crippen molar-refractivity contribution in [2.75, 3.05) is 12.3 Å². The van der Waals surface area contributed by atoms with Gasteiger partial charge in [-0.1, -0.05) is 31.5 Å². The second kappa shape index (κ2) is 6.53. The quantitative estimate of drug-likeness (QED) is 0.817. The average Bonchev–Trinajstić information content (AvgIpc) is 2.33. The number of amidine groups is 1. The van der Waals surface area contributed by atoms with Gasteiger partial charge in [-0.3, -0.25) is 4.99 Å². The van der Waals surface area contributed by atoms with E-state index in [1.807, 2.05) is 11.8 Å². The van der Waals surface area contributed by atoms with E-state index in [0.29, 0.717) is 6.04 Å². The van der Waals surface area contributed by atoms with Crippen LogP contribution in [0.25, 0.3) is 0 Å². The predicted octanol–water partition coefficient (Wildman–Crippen LogP) is 3.43. The minimum atomic E-state index is 0.706. The Hall–Kier alpha value is -0.180. The first-order valence-electron chi connectivity index (χ1n) is 6.82. The van der Waals surface area contributed by atoms with Gasteiger partial charge in [0.1, 0.15) is 0 Å². The average molecular weight is 240 g/mol. The molecule has 1 heterocycles. The van der Waals surface area contributed by atoms with Crippen molar-refractivity contribution in [3.05, 3.63) is 0 Å². The summed E-state index contributed by atoms with van der Waals surface area (Å²) in [5, 5.41) is 4.85. The maximum absolute atomic E-state index is 4.55. The van der Waals surface area contributed by atoms with E-state index in [2.05, 4.69) is 17.2 Å². The highest BCUT2D eigenvalue weighted by atomic mass is 32.2. The zero-order chi connectivity index (χ0) is 11.2. The Morgan fingerprint density at radius 1 is 1.31 bits per heavy atom. The van der Waals surface area contributed by atoms with Crippen molar-refractivity contribution in [1.82, 2.24) is 5.32 Å². The number of aliphatic imine (C=N–C) groups is 1. The van der Waals surface area contributed by atoms with E-state index in [9.17, 15) is 0 Å². The van der Waals surface area contributed by atoms with Crippen LogP contribution >= 0.6 is 11.8 Å². The Morgan fingerprint density at radius 3 is 2.75 bits per heavy atom. The summed E-state index contributed by atoms with van der Waals surface area (Å²) in [6, 6.07) is 0.706. The molecular formula is C13H24N2S. The summed E-state index contributed by atoms with van der Waals surface area (Å²) in [5.41, 5.74) is 0. The molecule has 0 aromatic heterocycles. The molecule has 2 nitrogen and oxygen atoms in total. The Bertz CT molecular complexity index is 232. The summed E-state index contributed by atoms with van der Waals surface area (Å²) in [5.74, 6) is 2.25. The summed E-state index contributed by atoms with van der Waals surface area (Å²) < 4.78 is 0. The highest BCUT2D eigenvalue weighted by molar-refractivity contribution is 8.13. The molecular weight excluding hydrogens is 216 g/mol. The first-order chi connectivity index (χ1) is 7.88. The lowest BCUT2D eigenvalue weighted by Crippen LogP contribution is -2.37. The third kappa shape index (κ3) is 3.69. The SMILES string of the molecule is CCCC1CCC(NC2=NCCCS2)CC1. The third-order valence-electron chi connectivity index (χ3n) is 3.67. The molecule has 1 fully saturated rings. The van der Waals surface area contributed by atoms with Crippen LogP contribution in [0.1, 0.15) is 51.9 Å². The van der Waals surface area contributed by atoms with E-state index in [-0.39, 0.29) is 0 Å². The number of thioether (sulfide) groups is 1. The smallest absolute Gasteiger partial charge is 0.156 e. The minimum absolute atomic E-state index is 0.706. The predicted molar refractivity (Wildman–Crippen MR) is 73.2 cm³/mol. The summed E-state index contributed by atoms with van der Waals surface area (Å²) in [6.07, 6.45) is 9.58. The fraction of sp³-hybridized carbons (Fsp3) is 0.923. The molecule has 2 rings (SSSR count). The van der Waals surface area contributed by atoms with Gasteiger partial charge < -0.3 is 5.32 Å². The van der Waals surface area contributed by atoms with Crippen LogP contribution < -0.4 is 5.32 Å². The summed E-state index contributed by atoms with van der Waals surface area (Å²) in [4.78, 5) is 4.55. The van der Waals surface area contributed by atoms with Crippen molar-refractivity contribution < 1.29 is 0 Å². The molecule has 0 unspecified atom stereocenters. The monoisotopic (exact) mass is 240 g/mol. The molecule has 0 spiro atoms. The van der Waals surface area contributed by atoms with Crippen LogP contribution in [0.15, 0.2) is 4.99 Å². The molecule has 0 aromatic carbocycles. The van der Waals surface area contributed by atoms with Gasteiger partial charge in [0.2, 0.25) is 0 Å². The molecule has 1 N–H and O–H groups in total. The first kappa shape index (κ1) is 12.3. The number of nitrogens with one attached hydrogen (secondary N) is 1. The van der Waals surface area contributed by atoms with Gasteiger partial charge in [0.25, 0.3) is 0 Å². The van der Waals surface area contributed by atoms with Crippen molar-refractivity contribution in [2.24, 2.45) is 10.9 Å². The lowest BCUT2D eigenvalue weighted by molar-refractivity contribution is 0.296. The number of hydrogen-bond acceptors (Lipinski definition) is 3. The molecule has 0 amide bonds. The van der Waals surface area contributed by atoms with Crippen LogP contribution in [0, 0.1) is 5.92 Å². The van der Waals surface area contributed by atoms with Gasteiger partial charge in [-0.05, 0) is 38.0 Å². The highest BCUT2D eigenvalue weighted by Crippen LogP contribution is 2.28. The highest BCUT2D eigenvalue weighted by Gasteiger charge is 2.21. The standard InChI is InChI=1S/C13H24N2S/c1-2-4-11-5-7-12(8-6-11)15-13-14-9-3-10-16-13/h11-12H,2-10H2,1H3,(H,14,15). The normalized spacial score (nSPS) is 30.9. The topological polar surface area (TPSA) is 24.4 Å². The van der Waals surface area contributed by atoms with Crippen molar-refractivity contribution in [3.63, 3.8) is 0 Å². The molecule has 1 aliphatic carbocycles. The molecule has 0 saturated heterocycles. The van der Waals surface area contributed by atoms with Crippen LogP contribution in [0.5, 0.6) is 0 Å². The molecule has 92 valence electrons. The van der Waals surface area contributed by atoms with E-state index >= 15 is 0 Å². The zero-order valence-corrected chi connectivity index (χ0v) is 11.2. The van der Waals surface area contributed by atoms with Gasteiger partial charge in [0.05, 0.1) is 0 Å². The van der Waals surface area contributed by atoms with Crippen molar-refractivity contribution >= 4 is 16.9 Å². The minimum Gasteiger partial charge on any atom is -0.362 e. The Kier molecular flexibility index (Phi) is 5.01. The van der Waals surface area contributed by atoms with Crippen LogP contribution in [0.4, 0.5) is 0 Å². The van der Waals surface area contributed by atoms with E-state index in [4.69, 9.17) is 0 Å². The van der Waals surface area contributed by atoms with Gasteiger partial charge in [0.15, 0.2) is 5.17 Å². The van der Waals surface area contributed by atoms with Crippen molar-refractivity contribution in [1.29, 1.82) is 0 Å². The van der Waals surface area contributed by atoms with Crippen LogP contribution in [-0.2, 0) is 0 Å². The largest absolute Gasteiger partial charge is 0.362 e. The third-order valence-corrected chi connectivity index (χ3v) is 4.68. The van der Waals surface area contributed by atoms with E-state index in [1.54, 1.807) is 0 Å². The van der Waals surface area contributed by atoms with E-state index in [1.165, 1.54) is 55.9 Å². The fourth-order valence-corrected chi connectivity index (χ4v) is 3.62. The summed E-state index contributed by atoms with van der Waals surface area (Å²) >= 11 is 1.91. The summed E-state index contributed by atoms with van der Waals surface area (Å²) in [7, 11) is 0. The molecule has 3 heteroatoms. The van der Waals surface area contributed by atoms with Crippen LogP contribution in [0.3, 0.4) is 0 Å². The molecule has 16 heavy (non-hydrogen) atoms. The fourth-order valence-electron chi connectivity index (χ4n) is 2.73. The van der Waals surface area contributed by atoms with Crippen molar-refractivity contribution in [3.8, 4) is 0 Å². The second-order valence-corrected chi connectivity index (χ2v) is 6.12. The maximum Gasteiger partial charge on any atom is 0.156 e. The van der Waals surface area contributed by atoms with Gasteiger partial charge >= 0.3 is 0 Å². The van der Waals surface area contributed by atoms with Crippen molar-refractivity contribution in [2.45, 2.75) is 57.9 Å². The molecule has 1 saturated carbocycles. The Balaban J connectivity index is 1.70. The summed E-state index contributed by atoms with van der Waals surface area (Å²) in [6.45, 7) is 3.33. The lowest BCUT2D eigenvalue weighted by Gasteiger charge is -2.30. The van der Waals surface area contributed by atoms with Gasteiger partial charge in [0, 0.05) is 18.3 Å². The van der Waals surface area contributed by atoms with Gasteiger partial charge in [-0.25, -0.2) is 0 Å². The molecule has 0 bridgehead atoms. The van der Waals surface area contributed by atoms with E-state index < -0.39 is 0 Å². The van der Waals surface area contributed by atoms with E-state index in [0.717, 1.165) is 12.5 Å². The van der Waals surface area contributed by atoms with Gasteiger partial charge in [-0.2, -0.15) is 0 Å². The molecule has 1 aliphatic heterocycles. The van der Waals surface area contributed by atoms with Crippen LogP contribution in [-0.4, -0.2) is 23.5 Å². The zero-order valence-electron chi connectivity index (χ0n) is 10.4. The Morgan fingerprint density at radius 2 is 2.12 bits per heavy atom. The van der Waals surface area contributed by atoms with Gasteiger partial charge in [-0.15, -0.1) is 0 Å². The molecule has 2 aliphatic rings. The first-order valence-corrected chi connectivity index (χ1v) is 7.81. The lowest BCUT2D eigenvalue weighted by atomic mass is 9.83.